The van der Waals surface area contributed by atoms with Crippen molar-refractivity contribution < 1.29 is 17.9 Å². The number of anilines is 2. The molecule has 31 heavy (non-hydrogen) atoms. The van der Waals surface area contributed by atoms with E-state index < -0.39 is 16.1 Å². The van der Waals surface area contributed by atoms with E-state index >= 15 is 0 Å². The van der Waals surface area contributed by atoms with Gasteiger partial charge in [0, 0.05) is 10.7 Å². The molecule has 8 heteroatoms. The summed E-state index contributed by atoms with van der Waals surface area (Å²) in [7, 11) is -3.80. The van der Waals surface area contributed by atoms with Crippen LogP contribution in [0.1, 0.15) is 18.1 Å². The first-order valence-corrected chi connectivity index (χ1v) is 11.4. The molecule has 0 saturated heterocycles. The molecular weight excluding hydrogens is 436 g/mol. The van der Waals surface area contributed by atoms with Crippen molar-refractivity contribution in [1.82, 2.24) is 0 Å². The summed E-state index contributed by atoms with van der Waals surface area (Å²) in [5.74, 6) is 0.251. The molecule has 2 N–H and O–H groups in total. The molecule has 0 bridgehead atoms. The van der Waals surface area contributed by atoms with E-state index in [0.717, 1.165) is 5.56 Å². The van der Waals surface area contributed by atoms with Crippen molar-refractivity contribution in [1.29, 1.82) is 0 Å². The van der Waals surface area contributed by atoms with E-state index in [9.17, 15) is 13.2 Å². The molecule has 0 heterocycles. The van der Waals surface area contributed by atoms with E-state index in [0.29, 0.717) is 27.7 Å². The highest BCUT2D eigenvalue weighted by molar-refractivity contribution is 7.92. The number of hydrogen-bond acceptors (Lipinski definition) is 4. The first kappa shape index (κ1) is 22.7. The second-order valence-electron chi connectivity index (χ2n) is 7.10. The van der Waals surface area contributed by atoms with Crippen LogP contribution in [0, 0.1) is 13.8 Å². The van der Waals surface area contributed by atoms with E-state index in [1.54, 1.807) is 44.2 Å². The smallest absolute Gasteiger partial charge is 0.265 e. The zero-order chi connectivity index (χ0) is 22.6. The summed E-state index contributed by atoms with van der Waals surface area (Å²) in [5.41, 5.74) is 2.60. The minimum Gasteiger partial charge on any atom is -0.481 e. The largest absolute Gasteiger partial charge is 0.481 e. The highest BCUT2D eigenvalue weighted by Crippen LogP contribution is 2.26. The number of nitrogens with one attached hydrogen (secondary N) is 2. The van der Waals surface area contributed by atoms with Crippen LogP contribution in [0.2, 0.25) is 5.02 Å². The van der Waals surface area contributed by atoms with E-state index in [-0.39, 0.29) is 10.8 Å². The van der Waals surface area contributed by atoms with Crippen LogP contribution in [0.4, 0.5) is 11.4 Å². The number of hydrogen-bond donors (Lipinski definition) is 2. The number of carbonyl (C=O) groups is 1. The van der Waals surface area contributed by atoms with Gasteiger partial charge in [-0.25, -0.2) is 8.42 Å². The summed E-state index contributed by atoms with van der Waals surface area (Å²) in [6, 6.07) is 18.3. The molecule has 0 saturated carbocycles. The molecule has 0 spiro atoms. The van der Waals surface area contributed by atoms with Gasteiger partial charge in [-0.1, -0.05) is 35.4 Å². The molecule has 3 rings (SSSR count). The number of benzene rings is 3. The van der Waals surface area contributed by atoms with E-state index in [4.69, 9.17) is 16.3 Å². The lowest BCUT2D eigenvalue weighted by Crippen LogP contribution is -2.30. The Balaban J connectivity index is 1.65. The van der Waals surface area contributed by atoms with Gasteiger partial charge < -0.3 is 10.1 Å². The van der Waals surface area contributed by atoms with Crippen molar-refractivity contribution in [3.63, 3.8) is 0 Å². The van der Waals surface area contributed by atoms with Gasteiger partial charge in [0.05, 0.1) is 10.6 Å². The summed E-state index contributed by atoms with van der Waals surface area (Å²) >= 11 is 6.06. The van der Waals surface area contributed by atoms with Gasteiger partial charge >= 0.3 is 0 Å². The Kier molecular flexibility index (Phi) is 6.87. The van der Waals surface area contributed by atoms with Crippen molar-refractivity contribution in [2.75, 3.05) is 10.0 Å². The molecule has 0 unspecified atom stereocenters. The molecule has 6 nitrogen and oxygen atoms in total. The highest BCUT2D eigenvalue weighted by Gasteiger charge is 2.18. The second kappa shape index (κ2) is 9.41. The van der Waals surface area contributed by atoms with Gasteiger partial charge in [0.25, 0.3) is 15.9 Å². The Morgan fingerprint density at radius 1 is 0.968 bits per heavy atom. The molecule has 1 atom stereocenters. The molecule has 0 aliphatic heterocycles. The second-order valence-corrected chi connectivity index (χ2v) is 9.19. The van der Waals surface area contributed by atoms with Crippen molar-refractivity contribution >= 4 is 38.9 Å². The molecule has 0 fully saturated rings. The predicted octanol–water partition coefficient (Wildman–Crippen LogP) is 5.16. The first-order chi connectivity index (χ1) is 14.7. The molecular formula is C23H23ClN2O4S. The Labute approximate surface area is 187 Å². The van der Waals surface area contributed by atoms with Crippen LogP contribution in [0.3, 0.4) is 0 Å². The molecule has 162 valence electrons. The summed E-state index contributed by atoms with van der Waals surface area (Å²) in [6.45, 7) is 5.35. The Bertz CT molecular complexity index is 1180. The zero-order valence-electron chi connectivity index (χ0n) is 17.3. The van der Waals surface area contributed by atoms with Gasteiger partial charge in [0.2, 0.25) is 0 Å². The quantitative estimate of drug-likeness (QED) is 0.512. The topological polar surface area (TPSA) is 84.5 Å². The molecule has 0 aliphatic carbocycles. The van der Waals surface area contributed by atoms with Crippen LogP contribution in [0.15, 0.2) is 71.6 Å². The van der Waals surface area contributed by atoms with Crippen LogP contribution in [-0.2, 0) is 14.8 Å². The molecule has 3 aromatic rings. The first-order valence-electron chi connectivity index (χ1n) is 9.58. The maximum absolute atomic E-state index is 12.7. The predicted molar refractivity (Wildman–Crippen MR) is 123 cm³/mol. The lowest BCUT2D eigenvalue weighted by Gasteiger charge is -2.15. The van der Waals surface area contributed by atoms with Crippen molar-refractivity contribution in [2.45, 2.75) is 31.8 Å². The van der Waals surface area contributed by atoms with Gasteiger partial charge in [0.15, 0.2) is 6.10 Å². The van der Waals surface area contributed by atoms with Crippen LogP contribution in [0.25, 0.3) is 0 Å². The Morgan fingerprint density at radius 3 is 2.26 bits per heavy atom. The minimum absolute atomic E-state index is 0.0637. The lowest BCUT2D eigenvalue weighted by molar-refractivity contribution is -0.122. The average molecular weight is 459 g/mol. The SMILES string of the molecule is Cc1ccc(O[C@H](C)C(=O)Nc2ccc(S(=O)(=O)Nc3cccc(Cl)c3C)cc2)cc1. The van der Waals surface area contributed by atoms with Gasteiger partial charge in [-0.15, -0.1) is 0 Å². The fourth-order valence-corrected chi connectivity index (χ4v) is 4.05. The third-order valence-electron chi connectivity index (χ3n) is 4.65. The van der Waals surface area contributed by atoms with Gasteiger partial charge in [-0.2, -0.15) is 0 Å². The number of halogens is 1. The van der Waals surface area contributed by atoms with Crippen LogP contribution >= 0.6 is 11.6 Å². The van der Waals surface area contributed by atoms with Crippen molar-refractivity contribution in [3.8, 4) is 5.75 Å². The summed E-state index contributed by atoms with van der Waals surface area (Å²) in [5, 5.41) is 3.19. The molecule has 1 amide bonds. The number of carbonyl (C=O) groups excluding carboxylic acids is 1. The van der Waals surface area contributed by atoms with Crippen LogP contribution < -0.4 is 14.8 Å². The minimum atomic E-state index is -3.80. The number of amides is 1. The maximum Gasteiger partial charge on any atom is 0.265 e. The number of ether oxygens (including phenoxy) is 1. The van der Waals surface area contributed by atoms with Crippen LogP contribution in [-0.4, -0.2) is 20.4 Å². The van der Waals surface area contributed by atoms with Gasteiger partial charge in [0.1, 0.15) is 5.75 Å². The summed E-state index contributed by atoms with van der Waals surface area (Å²) in [6.07, 6.45) is -0.724. The Morgan fingerprint density at radius 2 is 1.61 bits per heavy atom. The fraction of sp³-hybridized carbons (Fsp3) is 0.174. The van der Waals surface area contributed by atoms with E-state index in [1.165, 1.54) is 24.3 Å². The molecule has 0 aromatic heterocycles. The van der Waals surface area contributed by atoms with Crippen molar-refractivity contribution in [2.24, 2.45) is 0 Å². The van der Waals surface area contributed by atoms with Gasteiger partial charge in [-0.05, 0) is 74.9 Å². The molecule has 0 aliphatic rings. The standard InChI is InChI=1S/C23H23ClN2O4S/c1-15-7-11-19(12-8-15)30-17(3)23(27)25-18-9-13-20(14-10-18)31(28,29)26-22-6-4-5-21(24)16(22)2/h4-14,17,26H,1-3H3,(H,25,27)/t17-/m1/s1. The number of aryl methyl sites for hydroxylation is 1. The Hall–Kier alpha value is -3.03. The maximum atomic E-state index is 12.7. The third kappa shape index (κ3) is 5.77. The van der Waals surface area contributed by atoms with Crippen molar-refractivity contribution in [3.05, 3.63) is 82.9 Å². The van der Waals surface area contributed by atoms with Crippen LogP contribution in [0.5, 0.6) is 5.75 Å². The third-order valence-corrected chi connectivity index (χ3v) is 6.44. The lowest BCUT2D eigenvalue weighted by atomic mass is 10.2. The van der Waals surface area contributed by atoms with E-state index in [2.05, 4.69) is 10.0 Å². The van der Waals surface area contributed by atoms with Gasteiger partial charge in [-0.3, -0.25) is 9.52 Å². The average Bonchev–Trinajstić information content (AvgIpc) is 2.73. The van der Waals surface area contributed by atoms with E-state index in [1.807, 2.05) is 19.1 Å². The highest BCUT2D eigenvalue weighted by atomic mass is 35.5. The normalized spacial score (nSPS) is 12.1. The molecule has 0 radical (unpaired) electrons. The zero-order valence-corrected chi connectivity index (χ0v) is 18.9. The number of sulfonamides is 1. The monoisotopic (exact) mass is 458 g/mol. The fourth-order valence-electron chi connectivity index (χ4n) is 2.76. The molecule has 3 aromatic carbocycles. The summed E-state index contributed by atoms with van der Waals surface area (Å²) in [4.78, 5) is 12.5. The number of rotatable bonds is 7. The summed E-state index contributed by atoms with van der Waals surface area (Å²) < 4.78 is 33.5.